The summed E-state index contributed by atoms with van der Waals surface area (Å²) in [7, 11) is -2.75. The number of hydrogen-bond acceptors (Lipinski definition) is 3. The van der Waals surface area contributed by atoms with E-state index in [2.05, 4.69) is 0 Å². The van der Waals surface area contributed by atoms with Gasteiger partial charge in [-0.25, -0.2) is 8.42 Å². The summed E-state index contributed by atoms with van der Waals surface area (Å²) in [4.78, 5) is 0. The Morgan fingerprint density at radius 3 is 2.56 bits per heavy atom. The molecule has 1 aromatic rings. The molecule has 0 aromatic heterocycles. The molecule has 0 aliphatic carbocycles. The van der Waals surface area contributed by atoms with E-state index in [4.69, 9.17) is 11.6 Å². The van der Waals surface area contributed by atoms with E-state index < -0.39 is 9.84 Å². The van der Waals surface area contributed by atoms with Crippen LogP contribution in [0.5, 0.6) is 0 Å². The summed E-state index contributed by atoms with van der Waals surface area (Å²) in [6.45, 7) is 0. The van der Waals surface area contributed by atoms with Gasteiger partial charge in [0.25, 0.3) is 0 Å². The zero-order valence-electron chi connectivity index (χ0n) is 8.73. The summed E-state index contributed by atoms with van der Waals surface area (Å²) in [5.41, 5.74) is 1.19. The van der Waals surface area contributed by atoms with Gasteiger partial charge in [0.2, 0.25) is 0 Å². The summed E-state index contributed by atoms with van der Waals surface area (Å²) >= 11 is 7.51. The van der Waals surface area contributed by atoms with Crippen LogP contribution in [0.4, 0.5) is 0 Å². The van der Waals surface area contributed by atoms with Gasteiger partial charge in [-0.2, -0.15) is 11.8 Å². The number of hydrogen-bond donors (Lipinski definition) is 0. The minimum absolute atomic E-state index is 0.265. The van der Waals surface area contributed by atoms with Crippen molar-refractivity contribution in [3.8, 4) is 0 Å². The van der Waals surface area contributed by atoms with Gasteiger partial charge in [0.05, 0.1) is 11.5 Å². The van der Waals surface area contributed by atoms with E-state index in [-0.39, 0.29) is 5.25 Å². The third kappa shape index (κ3) is 3.40. The van der Waals surface area contributed by atoms with Gasteiger partial charge < -0.3 is 0 Å². The molecule has 1 aliphatic heterocycles. The second-order valence-corrected chi connectivity index (χ2v) is 7.92. The Bertz CT molecular complexity index is 453. The lowest BCUT2D eigenvalue weighted by atomic mass is 10.2. The first-order valence-electron chi connectivity index (χ1n) is 5.12. The van der Waals surface area contributed by atoms with E-state index in [9.17, 15) is 8.42 Å². The summed E-state index contributed by atoms with van der Waals surface area (Å²) in [5.74, 6) is 1.55. The summed E-state index contributed by atoms with van der Waals surface area (Å²) in [6.07, 6.45) is 0.792. The van der Waals surface area contributed by atoms with E-state index in [1.165, 1.54) is 5.56 Å². The first kappa shape index (κ1) is 12.3. The molecule has 88 valence electrons. The Labute approximate surface area is 105 Å². The summed E-state index contributed by atoms with van der Waals surface area (Å²) < 4.78 is 22.5. The molecule has 1 heterocycles. The van der Waals surface area contributed by atoms with Crippen LogP contribution in [0, 0.1) is 0 Å². The van der Waals surface area contributed by atoms with Crippen LogP contribution in [-0.4, -0.2) is 25.2 Å². The molecule has 1 aliphatic rings. The molecule has 1 aromatic carbocycles. The Morgan fingerprint density at radius 1 is 1.31 bits per heavy atom. The number of sulfone groups is 1. The number of halogens is 1. The van der Waals surface area contributed by atoms with E-state index in [0.717, 1.165) is 17.2 Å². The van der Waals surface area contributed by atoms with E-state index >= 15 is 0 Å². The fourth-order valence-corrected chi connectivity index (χ4v) is 5.42. The standard InChI is InChI=1S/C11H13ClO2S2/c12-10-3-1-9(2-4-10)7-15-11-5-6-16(13,14)8-11/h1-4,11H,5-8H2. The van der Waals surface area contributed by atoms with Crippen LogP contribution in [-0.2, 0) is 15.6 Å². The quantitative estimate of drug-likeness (QED) is 0.851. The van der Waals surface area contributed by atoms with Crippen molar-refractivity contribution < 1.29 is 8.42 Å². The lowest BCUT2D eigenvalue weighted by molar-refractivity contribution is 0.602. The molecule has 0 saturated carbocycles. The normalized spacial score (nSPS) is 23.4. The molecule has 0 bridgehead atoms. The highest BCUT2D eigenvalue weighted by atomic mass is 35.5. The maximum Gasteiger partial charge on any atom is 0.151 e. The fourth-order valence-electron chi connectivity index (χ4n) is 1.69. The first-order valence-corrected chi connectivity index (χ1v) is 8.36. The minimum Gasteiger partial charge on any atom is -0.229 e. The second kappa shape index (κ2) is 4.98. The Kier molecular flexibility index (Phi) is 3.82. The SMILES string of the molecule is O=S1(=O)CCC(SCc2ccc(Cl)cc2)C1. The highest BCUT2D eigenvalue weighted by Crippen LogP contribution is 2.27. The molecule has 0 amide bonds. The van der Waals surface area contributed by atoms with Crippen molar-refractivity contribution in [1.29, 1.82) is 0 Å². The van der Waals surface area contributed by atoms with Crippen LogP contribution in [0.25, 0.3) is 0 Å². The summed E-state index contributed by atoms with van der Waals surface area (Å²) in [5, 5.41) is 0.998. The first-order chi connectivity index (χ1) is 7.55. The average Bonchev–Trinajstić information content (AvgIpc) is 2.58. The minimum atomic E-state index is -2.75. The lowest BCUT2D eigenvalue weighted by Gasteiger charge is -2.07. The van der Waals surface area contributed by atoms with Crippen molar-refractivity contribution in [3.63, 3.8) is 0 Å². The van der Waals surface area contributed by atoms with Crippen LogP contribution in [0.3, 0.4) is 0 Å². The smallest absolute Gasteiger partial charge is 0.151 e. The third-order valence-electron chi connectivity index (χ3n) is 2.59. The third-order valence-corrected chi connectivity index (χ3v) is 6.19. The van der Waals surface area contributed by atoms with Crippen molar-refractivity contribution in [2.24, 2.45) is 0 Å². The van der Waals surface area contributed by atoms with Crippen LogP contribution < -0.4 is 0 Å². The zero-order valence-corrected chi connectivity index (χ0v) is 11.1. The molecule has 1 atom stereocenters. The topological polar surface area (TPSA) is 34.1 Å². The van der Waals surface area contributed by atoms with Gasteiger partial charge in [0.15, 0.2) is 9.84 Å². The van der Waals surface area contributed by atoms with E-state index in [1.807, 2.05) is 24.3 Å². The Morgan fingerprint density at radius 2 is 2.00 bits per heavy atom. The summed E-state index contributed by atoms with van der Waals surface area (Å²) in [6, 6.07) is 7.70. The molecule has 5 heteroatoms. The van der Waals surface area contributed by atoms with Crippen LogP contribution in [0.1, 0.15) is 12.0 Å². The second-order valence-electron chi connectivity index (χ2n) is 3.96. The van der Waals surface area contributed by atoms with Gasteiger partial charge in [-0.3, -0.25) is 0 Å². The van der Waals surface area contributed by atoms with Gasteiger partial charge in [-0.1, -0.05) is 23.7 Å². The van der Waals surface area contributed by atoms with Crippen LogP contribution >= 0.6 is 23.4 Å². The molecule has 0 radical (unpaired) electrons. The molecular formula is C11H13ClO2S2. The molecule has 0 N–H and O–H groups in total. The number of benzene rings is 1. The molecule has 2 nitrogen and oxygen atoms in total. The van der Waals surface area contributed by atoms with Crippen molar-refractivity contribution in [1.82, 2.24) is 0 Å². The van der Waals surface area contributed by atoms with E-state index in [0.29, 0.717) is 11.5 Å². The van der Waals surface area contributed by atoms with Crippen molar-refractivity contribution in [3.05, 3.63) is 34.9 Å². The van der Waals surface area contributed by atoms with Gasteiger partial charge in [0, 0.05) is 16.0 Å². The molecule has 1 fully saturated rings. The lowest BCUT2D eigenvalue weighted by Crippen LogP contribution is -2.06. The maximum atomic E-state index is 11.3. The Balaban J connectivity index is 1.87. The maximum absolute atomic E-state index is 11.3. The van der Waals surface area contributed by atoms with Crippen LogP contribution in [0.15, 0.2) is 24.3 Å². The predicted molar refractivity (Wildman–Crippen MR) is 69.8 cm³/mol. The van der Waals surface area contributed by atoms with Crippen molar-refractivity contribution in [2.45, 2.75) is 17.4 Å². The predicted octanol–water partition coefficient (Wildman–Crippen LogP) is 2.76. The highest BCUT2D eigenvalue weighted by Gasteiger charge is 2.27. The van der Waals surface area contributed by atoms with Gasteiger partial charge >= 0.3 is 0 Å². The van der Waals surface area contributed by atoms with Gasteiger partial charge in [0.1, 0.15) is 0 Å². The van der Waals surface area contributed by atoms with Gasteiger partial charge in [-0.05, 0) is 24.1 Å². The zero-order chi connectivity index (χ0) is 11.6. The molecule has 1 saturated heterocycles. The number of rotatable bonds is 3. The molecule has 16 heavy (non-hydrogen) atoms. The van der Waals surface area contributed by atoms with Crippen molar-refractivity contribution >= 4 is 33.2 Å². The Hall–Kier alpha value is -0.190. The largest absolute Gasteiger partial charge is 0.229 e. The molecule has 0 spiro atoms. The van der Waals surface area contributed by atoms with Gasteiger partial charge in [-0.15, -0.1) is 0 Å². The monoisotopic (exact) mass is 276 g/mol. The van der Waals surface area contributed by atoms with E-state index in [1.54, 1.807) is 11.8 Å². The fraction of sp³-hybridized carbons (Fsp3) is 0.455. The molecular weight excluding hydrogens is 264 g/mol. The van der Waals surface area contributed by atoms with Crippen LogP contribution in [0.2, 0.25) is 5.02 Å². The van der Waals surface area contributed by atoms with Crippen molar-refractivity contribution in [2.75, 3.05) is 11.5 Å². The number of thioether (sulfide) groups is 1. The molecule has 1 unspecified atom stereocenters. The highest BCUT2D eigenvalue weighted by molar-refractivity contribution is 8.01. The molecule has 2 rings (SSSR count). The average molecular weight is 277 g/mol.